The number of carbonyl (C=O) groups excluding carboxylic acids is 1. The number of aromatic nitrogens is 2. The van der Waals surface area contributed by atoms with Gasteiger partial charge in [-0.05, 0) is 34.1 Å². The van der Waals surface area contributed by atoms with Gasteiger partial charge < -0.3 is 15.2 Å². The summed E-state index contributed by atoms with van der Waals surface area (Å²) in [6, 6.07) is 0. The lowest BCUT2D eigenvalue weighted by Crippen LogP contribution is -2.41. The van der Waals surface area contributed by atoms with Crippen molar-refractivity contribution in [2.45, 2.75) is 46.6 Å². The second kappa shape index (κ2) is 6.87. The van der Waals surface area contributed by atoms with Crippen LogP contribution < -0.4 is 5.32 Å². The number of ether oxygens (including phenoxy) is 1. The molecule has 1 aromatic rings. The van der Waals surface area contributed by atoms with E-state index in [2.05, 4.69) is 10.4 Å². The summed E-state index contributed by atoms with van der Waals surface area (Å²) >= 11 is 6.23. The molecule has 0 radical (unpaired) electrons. The summed E-state index contributed by atoms with van der Waals surface area (Å²) in [5, 5.41) is 17.2. The van der Waals surface area contributed by atoms with E-state index in [9.17, 15) is 9.90 Å². The third-order valence-electron chi connectivity index (χ3n) is 3.31. The van der Waals surface area contributed by atoms with Gasteiger partial charge in [0.1, 0.15) is 10.8 Å². The second-order valence-corrected chi connectivity index (χ2v) is 7.34. The molecule has 1 unspecified atom stereocenters. The first kappa shape index (κ1) is 18.8. The van der Waals surface area contributed by atoms with Crippen LogP contribution in [-0.4, -0.2) is 39.7 Å². The van der Waals surface area contributed by atoms with Crippen molar-refractivity contribution in [3.63, 3.8) is 0 Å². The van der Waals surface area contributed by atoms with Crippen molar-refractivity contribution >= 4 is 17.7 Å². The number of nitrogens with one attached hydrogen (secondary N) is 1. The molecule has 0 fully saturated rings. The molecule has 0 aliphatic carbocycles. The fourth-order valence-corrected chi connectivity index (χ4v) is 2.32. The van der Waals surface area contributed by atoms with E-state index in [1.54, 1.807) is 32.5 Å². The molecule has 0 bridgehead atoms. The molecule has 0 aliphatic rings. The van der Waals surface area contributed by atoms with Crippen molar-refractivity contribution < 1.29 is 14.6 Å². The maximum absolute atomic E-state index is 11.8. The van der Waals surface area contributed by atoms with Gasteiger partial charge in [-0.3, -0.25) is 4.68 Å². The van der Waals surface area contributed by atoms with Crippen molar-refractivity contribution in [3.8, 4) is 0 Å². The van der Waals surface area contributed by atoms with E-state index >= 15 is 0 Å². The molecule has 1 amide bonds. The maximum atomic E-state index is 11.8. The summed E-state index contributed by atoms with van der Waals surface area (Å²) in [5.74, 6) is 0. The fourth-order valence-electron chi connectivity index (χ4n) is 2.08. The van der Waals surface area contributed by atoms with Gasteiger partial charge in [-0.2, -0.15) is 5.10 Å². The summed E-state index contributed by atoms with van der Waals surface area (Å²) in [6.45, 7) is 9.35. The smallest absolute Gasteiger partial charge is 0.407 e. The number of aryl methyl sites for hydroxylation is 2. The second-order valence-electron chi connectivity index (χ2n) is 6.98. The summed E-state index contributed by atoms with van der Waals surface area (Å²) in [7, 11) is 1.77. The minimum atomic E-state index is -0.553. The quantitative estimate of drug-likeness (QED) is 0.869. The Balaban J connectivity index is 2.74. The third kappa shape index (κ3) is 5.18. The zero-order valence-electron chi connectivity index (χ0n) is 14.2. The van der Waals surface area contributed by atoms with E-state index in [1.807, 2.05) is 13.8 Å². The molecule has 0 saturated carbocycles. The zero-order chi connectivity index (χ0) is 17.1. The summed E-state index contributed by atoms with van der Waals surface area (Å²) in [4.78, 5) is 11.8. The van der Waals surface area contributed by atoms with Crippen LogP contribution in [0.5, 0.6) is 0 Å². The maximum Gasteiger partial charge on any atom is 0.407 e. The Morgan fingerprint density at radius 3 is 2.41 bits per heavy atom. The number of aliphatic hydroxyl groups is 1. The number of nitrogens with zero attached hydrogens (tertiary/aromatic N) is 2. The van der Waals surface area contributed by atoms with Crippen LogP contribution in [-0.2, 0) is 18.2 Å². The van der Waals surface area contributed by atoms with E-state index < -0.39 is 17.1 Å². The molecule has 0 aromatic carbocycles. The summed E-state index contributed by atoms with van der Waals surface area (Å²) in [6.07, 6.45) is 0.0128. The van der Waals surface area contributed by atoms with Gasteiger partial charge in [-0.25, -0.2) is 4.79 Å². The number of hydrogen-bond donors (Lipinski definition) is 2. The lowest BCUT2D eigenvalue weighted by Gasteiger charge is -2.28. The van der Waals surface area contributed by atoms with Gasteiger partial charge in [0, 0.05) is 24.6 Å². The minimum absolute atomic E-state index is 0.0898. The molecule has 6 nitrogen and oxygen atoms in total. The van der Waals surface area contributed by atoms with E-state index in [0.29, 0.717) is 11.6 Å². The Labute approximate surface area is 136 Å². The van der Waals surface area contributed by atoms with E-state index in [1.165, 1.54) is 0 Å². The van der Waals surface area contributed by atoms with Crippen molar-refractivity contribution in [3.05, 3.63) is 16.4 Å². The van der Waals surface area contributed by atoms with Crippen molar-refractivity contribution in [2.75, 3.05) is 13.2 Å². The van der Waals surface area contributed by atoms with Gasteiger partial charge in [-0.1, -0.05) is 18.5 Å². The topological polar surface area (TPSA) is 76.4 Å². The third-order valence-corrected chi connectivity index (χ3v) is 3.79. The van der Waals surface area contributed by atoms with Crippen LogP contribution in [0.3, 0.4) is 0 Å². The van der Waals surface area contributed by atoms with Crippen molar-refractivity contribution in [1.29, 1.82) is 0 Å². The highest BCUT2D eigenvalue weighted by molar-refractivity contribution is 6.30. The molecule has 7 heteroatoms. The highest BCUT2D eigenvalue weighted by atomic mass is 35.5. The molecule has 2 N–H and O–H groups in total. The lowest BCUT2D eigenvalue weighted by molar-refractivity contribution is 0.0478. The van der Waals surface area contributed by atoms with Crippen LogP contribution in [0, 0.1) is 12.3 Å². The number of rotatable bonds is 5. The molecule has 126 valence electrons. The van der Waals surface area contributed by atoms with Crippen LogP contribution in [0.15, 0.2) is 0 Å². The van der Waals surface area contributed by atoms with Crippen LogP contribution >= 0.6 is 11.6 Å². The monoisotopic (exact) mass is 331 g/mol. The first-order chi connectivity index (χ1) is 9.97. The lowest BCUT2D eigenvalue weighted by atomic mass is 9.84. The van der Waals surface area contributed by atoms with Gasteiger partial charge in [0.15, 0.2) is 0 Å². The van der Waals surface area contributed by atoms with Gasteiger partial charge in [0.05, 0.1) is 12.3 Å². The molecule has 0 saturated heterocycles. The first-order valence-corrected chi connectivity index (χ1v) is 7.61. The average molecular weight is 332 g/mol. The van der Waals surface area contributed by atoms with E-state index in [0.717, 1.165) is 11.3 Å². The predicted octanol–water partition coefficient (Wildman–Crippen LogP) is 2.45. The van der Waals surface area contributed by atoms with Gasteiger partial charge >= 0.3 is 6.09 Å². The van der Waals surface area contributed by atoms with Crippen molar-refractivity contribution in [2.24, 2.45) is 12.5 Å². The van der Waals surface area contributed by atoms with E-state index in [4.69, 9.17) is 16.3 Å². The van der Waals surface area contributed by atoms with E-state index in [-0.39, 0.29) is 13.2 Å². The largest absolute Gasteiger partial charge is 0.444 e. The molecule has 0 aliphatic heterocycles. The first-order valence-electron chi connectivity index (χ1n) is 7.23. The number of aliphatic hydroxyl groups excluding tert-OH is 1. The molecule has 1 rings (SSSR count). The van der Waals surface area contributed by atoms with Crippen LogP contribution in [0.4, 0.5) is 4.79 Å². The molecule has 1 heterocycles. The number of halogens is 1. The minimum Gasteiger partial charge on any atom is -0.444 e. The van der Waals surface area contributed by atoms with Crippen LogP contribution in [0.1, 0.15) is 39.0 Å². The molecule has 1 aromatic heterocycles. The van der Waals surface area contributed by atoms with Gasteiger partial charge in [0.2, 0.25) is 0 Å². The zero-order valence-corrected chi connectivity index (χ0v) is 14.9. The highest BCUT2D eigenvalue weighted by Gasteiger charge is 2.29. The Hall–Kier alpha value is -1.27. The average Bonchev–Trinajstić information content (AvgIpc) is 2.61. The van der Waals surface area contributed by atoms with Crippen LogP contribution in [0.2, 0.25) is 5.15 Å². The molecule has 22 heavy (non-hydrogen) atoms. The highest BCUT2D eigenvalue weighted by Crippen LogP contribution is 2.28. The Kier molecular flexibility index (Phi) is 5.87. The Bertz CT molecular complexity index is 537. The predicted molar refractivity (Wildman–Crippen MR) is 86.1 cm³/mol. The Morgan fingerprint density at radius 1 is 1.41 bits per heavy atom. The normalized spacial score (nSPS) is 14.5. The summed E-state index contributed by atoms with van der Waals surface area (Å²) < 4.78 is 6.81. The SMILES string of the molecule is Cc1nn(C)c(Cl)c1CC(C)(CO)CNC(=O)OC(C)(C)C. The van der Waals surface area contributed by atoms with Crippen LogP contribution in [0.25, 0.3) is 0 Å². The molecular formula is C15H26ClN3O3. The van der Waals surface area contributed by atoms with Gasteiger partial charge in [0.25, 0.3) is 0 Å². The molecule has 1 atom stereocenters. The van der Waals surface area contributed by atoms with Crippen molar-refractivity contribution in [1.82, 2.24) is 15.1 Å². The molecular weight excluding hydrogens is 306 g/mol. The number of hydrogen-bond acceptors (Lipinski definition) is 4. The number of amides is 1. The number of carbonyl (C=O) groups is 1. The fraction of sp³-hybridized carbons (Fsp3) is 0.733. The standard InChI is InChI=1S/C15H26ClN3O3/c1-10-11(12(16)19(6)18-10)7-15(5,9-20)8-17-13(21)22-14(2,3)4/h20H,7-9H2,1-6H3,(H,17,21). The molecule has 0 spiro atoms. The Morgan fingerprint density at radius 2 is 2.00 bits per heavy atom. The van der Waals surface area contributed by atoms with Gasteiger partial charge in [-0.15, -0.1) is 0 Å². The summed E-state index contributed by atoms with van der Waals surface area (Å²) in [5.41, 5.74) is 0.605. The number of alkyl carbamates (subject to hydrolysis) is 1.